The van der Waals surface area contributed by atoms with Gasteiger partial charge in [0.05, 0.1) is 28.4 Å². The Hall–Kier alpha value is -7.62. The first-order chi connectivity index (χ1) is 28.3. The molecule has 57 heavy (non-hydrogen) atoms. The highest BCUT2D eigenvalue weighted by Gasteiger charge is 2.33. The number of hydrogen-bond donors (Lipinski definition) is 0. The summed E-state index contributed by atoms with van der Waals surface area (Å²) in [6.07, 6.45) is 0. The molecule has 3 heteroatoms. The van der Waals surface area contributed by atoms with Crippen LogP contribution in [0.25, 0.3) is 66.4 Å². The van der Waals surface area contributed by atoms with E-state index in [1.54, 1.807) is 0 Å². The average molecular weight is 729 g/mol. The standard InChI is InChI=1S/C54H36N2O/c1-4-17-37(18-5-1)42-23-10-12-25-44(42)39-31-33-48-51(35-39)55(41-21-8-3-9-22-41)52-36-40(45-26-13-11-24-43(45)38-19-6-2-7-20-38)32-34-49(52)56(48)50-29-16-28-47-46-27-14-15-30-53(46)57-54(47)50/h1-36H. The number of nitrogens with zero attached hydrogens (tertiary/aromatic N) is 2. The summed E-state index contributed by atoms with van der Waals surface area (Å²) in [5, 5.41) is 2.21. The van der Waals surface area contributed by atoms with Crippen LogP contribution in [0.2, 0.25) is 0 Å². The summed E-state index contributed by atoms with van der Waals surface area (Å²) < 4.78 is 6.74. The van der Waals surface area contributed by atoms with Gasteiger partial charge in [-0.15, -0.1) is 0 Å². The van der Waals surface area contributed by atoms with Crippen LogP contribution in [-0.4, -0.2) is 0 Å². The van der Waals surface area contributed by atoms with Gasteiger partial charge in [0, 0.05) is 16.5 Å². The number of furan rings is 1. The summed E-state index contributed by atoms with van der Waals surface area (Å²) >= 11 is 0. The maximum atomic E-state index is 6.74. The number of hydrogen-bond acceptors (Lipinski definition) is 3. The van der Waals surface area contributed by atoms with E-state index in [1.807, 2.05) is 6.07 Å². The molecule has 9 aromatic carbocycles. The Balaban J connectivity index is 1.19. The second kappa shape index (κ2) is 13.6. The van der Waals surface area contributed by atoms with Gasteiger partial charge in [-0.1, -0.05) is 170 Å². The molecule has 0 saturated carbocycles. The van der Waals surface area contributed by atoms with Crippen molar-refractivity contribution in [2.75, 3.05) is 9.80 Å². The van der Waals surface area contributed by atoms with Crippen LogP contribution >= 0.6 is 0 Å². The maximum Gasteiger partial charge on any atom is 0.159 e. The van der Waals surface area contributed by atoms with Crippen LogP contribution in [0.15, 0.2) is 223 Å². The third kappa shape index (κ3) is 5.51. The number of anilines is 6. The zero-order chi connectivity index (χ0) is 37.7. The van der Waals surface area contributed by atoms with E-state index in [2.05, 4.69) is 222 Å². The predicted molar refractivity (Wildman–Crippen MR) is 238 cm³/mol. The molecule has 0 spiro atoms. The molecule has 0 amide bonds. The van der Waals surface area contributed by atoms with E-state index in [0.717, 1.165) is 67.2 Å². The Kier molecular flexibility index (Phi) is 7.82. The quantitative estimate of drug-likeness (QED) is 0.170. The molecule has 0 radical (unpaired) electrons. The van der Waals surface area contributed by atoms with Crippen LogP contribution in [0.4, 0.5) is 34.1 Å². The average Bonchev–Trinajstić information content (AvgIpc) is 3.68. The second-order valence-electron chi connectivity index (χ2n) is 14.5. The van der Waals surface area contributed by atoms with Gasteiger partial charge in [-0.05, 0) is 93.0 Å². The predicted octanol–water partition coefficient (Wildman–Crippen LogP) is 15.5. The summed E-state index contributed by atoms with van der Waals surface area (Å²) in [4.78, 5) is 4.83. The van der Waals surface area contributed by atoms with Crippen molar-refractivity contribution in [1.82, 2.24) is 0 Å². The van der Waals surface area contributed by atoms with E-state index < -0.39 is 0 Å². The molecular weight excluding hydrogens is 693 g/mol. The van der Waals surface area contributed by atoms with Crippen LogP contribution in [-0.2, 0) is 0 Å². The van der Waals surface area contributed by atoms with E-state index in [4.69, 9.17) is 4.42 Å². The minimum absolute atomic E-state index is 0.862. The van der Waals surface area contributed by atoms with Crippen molar-refractivity contribution >= 4 is 56.1 Å². The molecule has 2 heterocycles. The minimum atomic E-state index is 0.862. The van der Waals surface area contributed by atoms with Crippen molar-refractivity contribution in [3.05, 3.63) is 218 Å². The van der Waals surface area contributed by atoms with Gasteiger partial charge in [0.1, 0.15) is 5.58 Å². The van der Waals surface area contributed by atoms with E-state index in [1.165, 1.54) is 33.4 Å². The Morgan fingerprint density at radius 3 is 1.30 bits per heavy atom. The topological polar surface area (TPSA) is 19.6 Å². The normalized spacial score (nSPS) is 12.1. The highest BCUT2D eigenvalue weighted by molar-refractivity contribution is 6.13. The zero-order valence-corrected chi connectivity index (χ0v) is 31.1. The first-order valence-electron chi connectivity index (χ1n) is 19.4. The van der Waals surface area contributed by atoms with Crippen molar-refractivity contribution < 1.29 is 4.42 Å². The number of fused-ring (bicyclic) bond motifs is 5. The van der Waals surface area contributed by atoms with Crippen molar-refractivity contribution in [2.45, 2.75) is 0 Å². The molecule has 0 saturated heterocycles. The fourth-order valence-corrected chi connectivity index (χ4v) is 8.61. The molecule has 0 N–H and O–H groups in total. The van der Waals surface area contributed by atoms with E-state index in [9.17, 15) is 0 Å². The van der Waals surface area contributed by atoms with Crippen LogP contribution in [0.5, 0.6) is 0 Å². The third-order valence-electron chi connectivity index (χ3n) is 11.2. The summed E-state index contributed by atoms with van der Waals surface area (Å²) in [5.74, 6) is 0. The third-order valence-corrected chi connectivity index (χ3v) is 11.2. The first-order valence-corrected chi connectivity index (χ1v) is 19.4. The van der Waals surface area contributed by atoms with Gasteiger partial charge in [-0.3, -0.25) is 0 Å². The summed E-state index contributed by atoms with van der Waals surface area (Å²) in [6.45, 7) is 0. The van der Waals surface area contributed by atoms with Gasteiger partial charge in [-0.2, -0.15) is 0 Å². The molecular formula is C54H36N2O. The van der Waals surface area contributed by atoms with Crippen LogP contribution in [0.3, 0.4) is 0 Å². The molecule has 1 aliphatic heterocycles. The van der Waals surface area contributed by atoms with Crippen molar-refractivity contribution in [3.63, 3.8) is 0 Å². The molecule has 268 valence electrons. The number of benzene rings is 9. The Morgan fingerprint density at radius 2 is 0.737 bits per heavy atom. The Labute approximate surface area is 332 Å². The summed E-state index contributed by atoms with van der Waals surface area (Å²) in [5.41, 5.74) is 17.5. The van der Waals surface area contributed by atoms with Gasteiger partial charge in [-0.25, -0.2) is 0 Å². The van der Waals surface area contributed by atoms with E-state index in [-0.39, 0.29) is 0 Å². The molecule has 0 unspecified atom stereocenters. The minimum Gasteiger partial charge on any atom is -0.454 e. The molecule has 0 atom stereocenters. The lowest BCUT2D eigenvalue weighted by molar-refractivity contribution is 0.669. The highest BCUT2D eigenvalue weighted by Crippen LogP contribution is 2.57. The van der Waals surface area contributed by atoms with Crippen molar-refractivity contribution in [1.29, 1.82) is 0 Å². The molecule has 1 aliphatic rings. The number of rotatable bonds is 6. The van der Waals surface area contributed by atoms with E-state index >= 15 is 0 Å². The van der Waals surface area contributed by atoms with Gasteiger partial charge in [0.15, 0.2) is 5.58 Å². The van der Waals surface area contributed by atoms with E-state index in [0.29, 0.717) is 0 Å². The molecule has 11 rings (SSSR count). The summed E-state index contributed by atoms with van der Waals surface area (Å²) in [7, 11) is 0. The molecule has 0 aliphatic carbocycles. The molecule has 10 aromatic rings. The second-order valence-corrected chi connectivity index (χ2v) is 14.5. The monoisotopic (exact) mass is 728 g/mol. The Morgan fingerprint density at radius 1 is 0.281 bits per heavy atom. The Bertz CT molecular complexity index is 2940. The van der Waals surface area contributed by atoms with Crippen LogP contribution in [0, 0.1) is 0 Å². The molecule has 0 fully saturated rings. The summed E-state index contributed by atoms with van der Waals surface area (Å²) in [6, 6.07) is 78.2. The first kappa shape index (κ1) is 32.8. The lowest BCUT2D eigenvalue weighted by atomic mass is 9.91. The maximum absolute atomic E-state index is 6.74. The SMILES string of the molecule is c1ccc(-c2ccccc2-c2ccc3c(c2)N(c2ccccc2)c2cc(-c4ccccc4-c4ccccc4)ccc2N3c2cccc3c2oc2ccccc23)cc1. The van der Waals surface area contributed by atoms with Crippen LogP contribution < -0.4 is 9.80 Å². The lowest BCUT2D eigenvalue weighted by Crippen LogP contribution is -2.24. The molecule has 0 bridgehead atoms. The van der Waals surface area contributed by atoms with Gasteiger partial charge >= 0.3 is 0 Å². The fraction of sp³-hybridized carbons (Fsp3) is 0. The van der Waals surface area contributed by atoms with Gasteiger partial charge in [0.25, 0.3) is 0 Å². The largest absolute Gasteiger partial charge is 0.454 e. The molecule has 3 nitrogen and oxygen atoms in total. The van der Waals surface area contributed by atoms with Gasteiger partial charge in [0.2, 0.25) is 0 Å². The van der Waals surface area contributed by atoms with Crippen molar-refractivity contribution in [2.24, 2.45) is 0 Å². The molecule has 1 aromatic heterocycles. The van der Waals surface area contributed by atoms with Crippen molar-refractivity contribution in [3.8, 4) is 44.5 Å². The highest BCUT2D eigenvalue weighted by atomic mass is 16.3. The van der Waals surface area contributed by atoms with Gasteiger partial charge < -0.3 is 14.2 Å². The lowest BCUT2D eigenvalue weighted by Gasteiger charge is -2.41. The zero-order valence-electron chi connectivity index (χ0n) is 31.1. The van der Waals surface area contributed by atoms with Crippen LogP contribution in [0.1, 0.15) is 0 Å². The smallest absolute Gasteiger partial charge is 0.159 e. The number of para-hydroxylation sites is 3. The fourth-order valence-electron chi connectivity index (χ4n) is 8.61.